The first-order valence-electron chi connectivity index (χ1n) is 8.08. The molecule has 1 aromatic carbocycles. The van der Waals surface area contributed by atoms with Crippen molar-refractivity contribution in [2.24, 2.45) is 0 Å². The smallest absolute Gasteiger partial charge is 0.163 e. The predicted octanol–water partition coefficient (Wildman–Crippen LogP) is 3.88. The molecule has 1 fully saturated rings. The molecule has 4 heteroatoms. The Morgan fingerprint density at radius 2 is 1.95 bits per heavy atom. The van der Waals surface area contributed by atoms with Crippen LogP contribution in [0.15, 0.2) is 18.2 Å². The normalized spacial score (nSPS) is 17.6. The molecule has 1 aliphatic carbocycles. The monoisotopic (exact) mass is 296 g/mol. The van der Waals surface area contributed by atoms with E-state index < -0.39 is 11.6 Å². The minimum atomic E-state index is -0.765. The molecule has 0 radical (unpaired) electrons. The van der Waals surface area contributed by atoms with Crippen molar-refractivity contribution in [2.75, 3.05) is 19.6 Å². The number of halogens is 2. The number of hydrogen-bond donors (Lipinski definition) is 1. The average Bonchev–Trinajstić information content (AvgIpc) is 3.00. The minimum absolute atomic E-state index is 0.161. The van der Waals surface area contributed by atoms with Gasteiger partial charge in [-0.05, 0) is 32.0 Å². The van der Waals surface area contributed by atoms with Crippen molar-refractivity contribution in [1.29, 1.82) is 0 Å². The summed E-state index contributed by atoms with van der Waals surface area (Å²) in [7, 11) is 0. The molecule has 1 aromatic rings. The zero-order chi connectivity index (χ0) is 15.2. The van der Waals surface area contributed by atoms with Crippen LogP contribution in [0, 0.1) is 11.6 Å². The summed E-state index contributed by atoms with van der Waals surface area (Å²) in [4.78, 5) is 2.41. The van der Waals surface area contributed by atoms with Crippen molar-refractivity contribution < 1.29 is 8.78 Å². The maximum absolute atomic E-state index is 14.1. The Hall–Kier alpha value is -1.00. The molecule has 0 aliphatic heterocycles. The van der Waals surface area contributed by atoms with E-state index in [1.807, 2.05) is 6.92 Å². The highest BCUT2D eigenvalue weighted by Gasteiger charge is 2.26. The fraction of sp³-hybridized carbons (Fsp3) is 0.647. The second-order valence-electron chi connectivity index (χ2n) is 5.78. The molecule has 0 aromatic heterocycles. The first kappa shape index (κ1) is 16.4. The van der Waals surface area contributed by atoms with Crippen LogP contribution < -0.4 is 5.32 Å². The zero-order valence-corrected chi connectivity index (χ0v) is 13.0. The van der Waals surface area contributed by atoms with Crippen LogP contribution in [-0.2, 0) is 0 Å². The van der Waals surface area contributed by atoms with Crippen molar-refractivity contribution in [1.82, 2.24) is 10.2 Å². The van der Waals surface area contributed by atoms with Crippen LogP contribution in [0.25, 0.3) is 0 Å². The van der Waals surface area contributed by atoms with E-state index in [1.54, 1.807) is 12.1 Å². The van der Waals surface area contributed by atoms with Crippen molar-refractivity contribution in [2.45, 2.75) is 51.6 Å². The standard InChI is InChI=1S/C17H26F2N2/c1-3-20-16(14-10-7-11-15(18)17(14)19)12-21(4-2)13-8-5-6-9-13/h7,10-11,13,16,20H,3-6,8-9,12H2,1-2H3. The van der Waals surface area contributed by atoms with Gasteiger partial charge in [0.25, 0.3) is 0 Å². The predicted molar refractivity (Wildman–Crippen MR) is 82.3 cm³/mol. The second-order valence-corrected chi connectivity index (χ2v) is 5.78. The van der Waals surface area contributed by atoms with Gasteiger partial charge in [0.2, 0.25) is 0 Å². The van der Waals surface area contributed by atoms with Gasteiger partial charge in [-0.2, -0.15) is 0 Å². The quantitative estimate of drug-likeness (QED) is 0.821. The molecular weight excluding hydrogens is 270 g/mol. The lowest BCUT2D eigenvalue weighted by molar-refractivity contribution is 0.185. The maximum Gasteiger partial charge on any atom is 0.163 e. The summed E-state index contributed by atoms with van der Waals surface area (Å²) in [6.45, 7) is 6.56. The maximum atomic E-state index is 14.1. The first-order chi connectivity index (χ1) is 10.2. The molecule has 0 saturated heterocycles. The number of nitrogens with one attached hydrogen (secondary N) is 1. The summed E-state index contributed by atoms with van der Waals surface area (Å²) in [5.41, 5.74) is 0.438. The fourth-order valence-electron chi connectivity index (χ4n) is 3.35. The molecule has 1 aliphatic rings. The number of likely N-dealkylation sites (N-methyl/N-ethyl adjacent to an activating group) is 2. The molecule has 1 unspecified atom stereocenters. The molecule has 1 saturated carbocycles. The molecule has 21 heavy (non-hydrogen) atoms. The second kappa shape index (κ2) is 7.85. The molecule has 0 spiro atoms. The van der Waals surface area contributed by atoms with E-state index in [-0.39, 0.29) is 6.04 Å². The Labute approximate surface area is 126 Å². The molecule has 2 rings (SSSR count). The molecule has 0 bridgehead atoms. The third-order valence-corrected chi connectivity index (χ3v) is 4.47. The Kier molecular flexibility index (Phi) is 6.12. The number of nitrogens with zero attached hydrogens (tertiary/aromatic N) is 1. The van der Waals surface area contributed by atoms with Crippen molar-refractivity contribution in [3.05, 3.63) is 35.4 Å². The third kappa shape index (κ3) is 4.01. The lowest BCUT2D eigenvalue weighted by Gasteiger charge is -2.32. The summed E-state index contributed by atoms with van der Waals surface area (Å²) in [5, 5.41) is 3.31. The van der Waals surface area contributed by atoms with Crippen molar-refractivity contribution in [3.63, 3.8) is 0 Å². The topological polar surface area (TPSA) is 15.3 Å². The third-order valence-electron chi connectivity index (χ3n) is 4.47. The largest absolute Gasteiger partial charge is 0.309 e. The number of hydrogen-bond acceptors (Lipinski definition) is 2. The van der Waals surface area contributed by atoms with Gasteiger partial charge in [0.05, 0.1) is 0 Å². The Balaban J connectivity index is 2.15. The lowest BCUT2D eigenvalue weighted by atomic mass is 10.0. The average molecular weight is 296 g/mol. The summed E-state index contributed by atoms with van der Waals surface area (Å²) in [6.07, 6.45) is 5.00. The summed E-state index contributed by atoms with van der Waals surface area (Å²) < 4.78 is 27.6. The zero-order valence-electron chi connectivity index (χ0n) is 13.0. The first-order valence-corrected chi connectivity index (χ1v) is 8.08. The van der Waals surface area contributed by atoms with Gasteiger partial charge in [-0.15, -0.1) is 0 Å². The molecule has 0 heterocycles. The van der Waals surface area contributed by atoms with Crippen LogP contribution in [0.5, 0.6) is 0 Å². The van der Waals surface area contributed by atoms with Gasteiger partial charge in [0.1, 0.15) is 0 Å². The van der Waals surface area contributed by atoms with Crippen molar-refractivity contribution >= 4 is 0 Å². The number of rotatable bonds is 7. The molecule has 1 atom stereocenters. The lowest BCUT2D eigenvalue weighted by Crippen LogP contribution is -2.40. The summed E-state index contributed by atoms with van der Waals surface area (Å²) in [5.74, 6) is -1.48. The summed E-state index contributed by atoms with van der Waals surface area (Å²) in [6, 6.07) is 4.88. The Morgan fingerprint density at radius 1 is 1.24 bits per heavy atom. The van der Waals surface area contributed by atoms with Gasteiger partial charge < -0.3 is 5.32 Å². The van der Waals surface area contributed by atoms with E-state index in [1.165, 1.54) is 31.7 Å². The van der Waals surface area contributed by atoms with Crippen LogP contribution in [0.2, 0.25) is 0 Å². The van der Waals surface area contributed by atoms with Crippen molar-refractivity contribution in [3.8, 4) is 0 Å². The highest BCUT2D eigenvalue weighted by molar-refractivity contribution is 5.23. The van der Waals surface area contributed by atoms with Gasteiger partial charge in [-0.1, -0.05) is 38.8 Å². The summed E-state index contributed by atoms with van der Waals surface area (Å²) >= 11 is 0. The van der Waals surface area contributed by atoms with E-state index in [9.17, 15) is 8.78 Å². The Bertz CT molecular complexity index is 444. The van der Waals surface area contributed by atoms with Crippen LogP contribution in [-0.4, -0.2) is 30.6 Å². The molecule has 1 N–H and O–H groups in total. The van der Waals surface area contributed by atoms with Crippen LogP contribution in [0.4, 0.5) is 8.78 Å². The van der Waals surface area contributed by atoms with Gasteiger partial charge in [-0.25, -0.2) is 8.78 Å². The van der Waals surface area contributed by atoms with E-state index in [0.29, 0.717) is 11.6 Å². The minimum Gasteiger partial charge on any atom is -0.309 e. The molecule has 0 amide bonds. The SMILES string of the molecule is CCNC(CN(CC)C1CCCC1)c1cccc(F)c1F. The highest BCUT2D eigenvalue weighted by Crippen LogP contribution is 2.26. The fourth-order valence-corrected chi connectivity index (χ4v) is 3.35. The van der Waals surface area contributed by atoms with Crippen LogP contribution in [0.3, 0.4) is 0 Å². The van der Waals surface area contributed by atoms with Gasteiger partial charge >= 0.3 is 0 Å². The van der Waals surface area contributed by atoms with E-state index in [0.717, 1.165) is 19.6 Å². The van der Waals surface area contributed by atoms with E-state index in [4.69, 9.17) is 0 Å². The van der Waals surface area contributed by atoms with Gasteiger partial charge in [0.15, 0.2) is 11.6 Å². The van der Waals surface area contributed by atoms with Gasteiger partial charge in [0, 0.05) is 24.2 Å². The van der Waals surface area contributed by atoms with E-state index in [2.05, 4.69) is 17.1 Å². The van der Waals surface area contributed by atoms with Crippen LogP contribution >= 0.6 is 0 Å². The Morgan fingerprint density at radius 3 is 2.57 bits per heavy atom. The van der Waals surface area contributed by atoms with E-state index >= 15 is 0 Å². The highest BCUT2D eigenvalue weighted by atomic mass is 19.2. The molecular formula is C17H26F2N2. The van der Waals surface area contributed by atoms with Crippen LogP contribution in [0.1, 0.15) is 51.1 Å². The molecule has 118 valence electrons. The molecule has 2 nitrogen and oxygen atoms in total. The van der Waals surface area contributed by atoms with Gasteiger partial charge in [-0.3, -0.25) is 4.90 Å². The number of benzene rings is 1.